The molecule has 0 N–H and O–H groups in total. The van der Waals surface area contributed by atoms with E-state index in [9.17, 15) is 26.3 Å². The predicted octanol–water partition coefficient (Wildman–Crippen LogP) is 8.25. The first-order chi connectivity index (χ1) is 17.2. The maximum absolute atomic E-state index is 14.9. The van der Waals surface area contributed by atoms with Crippen molar-refractivity contribution < 1.29 is 35.8 Å². The second kappa shape index (κ2) is 10.8. The number of ether oxygens (including phenoxy) is 2. The Morgan fingerprint density at radius 2 is 1.11 bits per heavy atom. The SMILES string of the molecule is CCOc1ccc(COc2ccc(C3CCC(c4ccc(C)c(F)c4F)CC3)c(F)c2F)c(F)c1F. The van der Waals surface area contributed by atoms with Gasteiger partial charge in [0.2, 0.25) is 11.6 Å². The molecule has 2 nitrogen and oxygen atoms in total. The molecule has 0 spiro atoms. The fraction of sp³-hybridized carbons (Fsp3) is 0.357. The van der Waals surface area contributed by atoms with Gasteiger partial charge in [0.25, 0.3) is 0 Å². The molecule has 0 atom stereocenters. The molecule has 0 radical (unpaired) electrons. The first-order valence-electron chi connectivity index (χ1n) is 11.9. The zero-order chi connectivity index (χ0) is 26.0. The van der Waals surface area contributed by atoms with Gasteiger partial charge in [0.1, 0.15) is 6.61 Å². The fourth-order valence-corrected chi connectivity index (χ4v) is 4.77. The van der Waals surface area contributed by atoms with Crippen LogP contribution in [-0.4, -0.2) is 6.61 Å². The lowest BCUT2D eigenvalue weighted by Gasteiger charge is -2.30. The molecule has 4 rings (SSSR count). The van der Waals surface area contributed by atoms with Crippen molar-refractivity contribution in [2.24, 2.45) is 0 Å². The van der Waals surface area contributed by atoms with Crippen LogP contribution in [0.1, 0.15) is 66.7 Å². The van der Waals surface area contributed by atoms with Gasteiger partial charge in [0.05, 0.1) is 6.61 Å². The zero-order valence-corrected chi connectivity index (χ0v) is 19.9. The molecular formula is C28H26F6O2. The van der Waals surface area contributed by atoms with E-state index in [4.69, 9.17) is 9.47 Å². The molecular weight excluding hydrogens is 482 g/mol. The average molecular weight is 509 g/mol. The summed E-state index contributed by atoms with van der Waals surface area (Å²) in [6.45, 7) is 2.78. The molecule has 0 bridgehead atoms. The number of aryl methyl sites for hydroxylation is 1. The molecule has 3 aromatic rings. The Labute approximate surface area is 205 Å². The van der Waals surface area contributed by atoms with Crippen LogP contribution in [0.2, 0.25) is 0 Å². The quantitative estimate of drug-likeness (QED) is 0.299. The summed E-state index contributed by atoms with van der Waals surface area (Å²) in [6, 6.07) is 8.31. The van der Waals surface area contributed by atoms with Crippen molar-refractivity contribution in [3.63, 3.8) is 0 Å². The minimum atomic E-state index is -1.21. The Bertz CT molecular complexity index is 1250. The average Bonchev–Trinajstić information content (AvgIpc) is 2.88. The minimum Gasteiger partial charge on any atom is -0.491 e. The van der Waals surface area contributed by atoms with Crippen molar-refractivity contribution >= 4 is 0 Å². The summed E-state index contributed by atoms with van der Waals surface area (Å²) < 4.78 is 96.6. The highest BCUT2D eigenvalue weighted by molar-refractivity contribution is 5.35. The van der Waals surface area contributed by atoms with Crippen molar-refractivity contribution in [2.45, 2.75) is 58.0 Å². The molecule has 1 saturated carbocycles. The molecule has 0 saturated heterocycles. The van der Waals surface area contributed by atoms with E-state index in [0.717, 1.165) is 0 Å². The summed E-state index contributed by atoms with van der Waals surface area (Å²) in [7, 11) is 0. The molecule has 0 amide bonds. The summed E-state index contributed by atoms with van der Waals surface area (Å²) in [5, 5.41) is 0. The number of hydrogen-bond donors (Lipinski definition) is 0. The van der Waals surface area contributed by atoms with Gasteiger partial charge >= 0.3 is 0 Å². The Morgan fingerprint density at radius 3 is 1.72 bits per heavy atom. The van der Waals surface area contributed by atoms with E-state index in [2.05, 4.69) is 0 Å². The molecule has 3 aromatic carbocycles. The third kappa shape index (κ3) is 5.04. The van der Waals surface area contributed by atoms with Crippen LogP contribution < -0.4 is 9.47 Å². The minimum absolute atomic E-state index is 0.159. The Hall–Kier alpha value is -3.16. The monoisotopic (exact) mass is 508 g/mol. The summed E-state index contributed by atoms with van der Waals surface area (Å²) in [6.07, 6.45) is 1.97. The van der Waals surface area contributed by atoms with Gasteiger partial charge < -0.3 is 9.47 Å². The number of halogens is 6. The largest absolute Gasteiger partial charge is 0.491 e. The summed E-state index contributed by atoms with van der Waals surface area (Å²) in [5.74, 6) is -7.50. The van der Waals surface area contributed by atoms with Crippen LogP contribution >= 0.6 is 0 Å². The van der Waals surface area contributed by atoms with Crippen LogP contribution in [0.3, 0.4) is 0 Å². The Balaban J connectivity index is 1.43. The standard InChI is InChI=1S/C28H26F6O2/c1-3-35-21-12-9-18(24(30)27(21)33)14-36-22-13-11-20(26(32)28(22)34)17-7-5-16(6-8-17)19-10-4-15(2)23(29)25(19)31/h4,9-13,16-17H,3,5-8,14H2,1-2H3. The highest BCUT2D eigenvalue weighted by Gasteiger charge is 2.29. The molecule has 192 valence electrons. The van der Waals surface area contributed by atoms with Gasteiger partial charge in [0, 0.05) is 5.56 Å². The maximum Gasteiger partial charge on any atom is 0.201 e. The van der Waals surface area contributed by atoms with Gasteiger partial charge in [-0.2, -0.15) is 8.78 Å². The molecule has 0 heterocycles. The topological polar surface area (TPSA) is 18.5 Å². The van der Waals surface area contributed by atoms with Crippen molar-refractivity contribution in [1.29, 1.82) is 0 Å². The van der Waals surface area contributed by atoms with E-state index in [1.54, 1.807) is 19.1 Å². The molecule has 1 aliphatic rings. The molecule has 1 fully saturated rings. The van der Waals surface area contributed by atoms with E-state index >= 15 is 0 Å². The third-order valence-corrected chi connectivity index (χ3v) is 6.80. The molecule has 1 aliphatic carbocycles. The second-order valence-corrected chi connectivity index (χ2v) is 9.00. The van der Waals surface area contributed by atoms with Gasteiger partial charge in [-0.25, -0.2) is 17.6 Å². The molecule has 0 aliphatic heterocycles. The number of benzene rings is 3. The smallest absolute Gasteiger partial charge is 0.201 e. The zero-order valence-electron chi connectivity index (χ0n) is 19.9. The highest BCUT2D eigenvalue weighted by atomic mass is 19.2. The highest BCUT2D eigenvalue weighted by Crippen LogP contribution is 2.43. The third-order valence-electron chi connectivity index (χ3n) is 6.80. The lowest BCUT2D eigenvalue weighted by atomic mass is 9.75. The Kier molecular flexibility index (Phi) is 7.81. The van der Waals surface area contributed by atoms with Crippen LogP contribution in [0.4, 0.5) is 26.3 Å². The predicted molar refractivity (Wildman–Crippen MR) is 123 cm³/mol. The maximum atomic E-state index is 14.9. The van der Waals surface area contributed by atoms with E-state index in [0.29, 0.717) is 31.2 Å². The Morgan fingerprint density at radius 1 is 0.611 bits per heavy atom. The summed E-state index contributed by atoms with van der Waals surface area (Å²) in [4.78, 5) is 0. The van der Waals surface area contributed by atoms with Gasteiger partial charge in [0.15, 0.2) is 34.8 Å². The molecule has 36 heavy (non-hydrogen) atoms. The second-order valence-electron chi connectivity index (χ2n) is 9.00. The van der Waals surface area contributed by atoms with Crippen LogP contribution in [0.5, 0.6) is 11.5 Å². The molecule has 0 aromatic heterocycles. The van der Waals surface area contributed by atoms with E-state index in [1.807, 2.05) is 0 Å². The first-order valence-corrected chi connectivity index (χ1v) is 11.9. The van der Waals surface area contributed by atoms with Crippen molar-refractivity contribution in [3.05, 3.63) is 93.6 Å². The first kappa shape index (κ1) is 25.9. The van der Waals surface area contributed by atoms with Gasteiger partial charge in [-0.3, -0.25) is 0 Å². The van der Waals surface area contributed by atoms with Crippen LogP contribution in [0.15, 0.2) is 36.4 Å². The van der Waals surface area contributed by atoms with Crippen LogP contribution in [-0.2, 0) is 6.61 Å². The fourth-order valence-electron chi connectivity index (χ4n) is 4.77. The summed E-state index contributed by atoms with van der Waals surface area (Å²) in [5.41, 5.74) is 0.551. The number of hydrogen-bond acceptors (Lipinski definition) is 2. The lowest BCUT2D eigenvalue weighted by molar-refractivity contribution is 0.272. The van der Waals surface area contributed by atoms with E-state index in [1.165, 1.54) is 31.2 Å². The van der Waals surface area contributed by atoms with Gasteiger partial charge in [-0.05, 0) is 86.3 Å². The van der Waals surface area contributed by atoms with Crippen LogP contribution in [0.25, 0.3) is 0 Å². The summed E-state index contributed by atoms with van der Waals surface area (Å²) >= 11 is 0. The van der Waals surface area contributed by atoms with Gasteiger partial charge in [-0.1, -0.05) is 18.2 Å². The van der Waals surface area contributed by atoms with E-state index < -0.39 is 47.3 Å². The molecule has 8 heteroatoms. The number of rotatable bonds is 7. The van der Waals surface area contributed by atoms with Gasteiger partial charge in [-0.15, -0.1) is 0 Å². The van der Waals surface area contributed by atoms with Crippen molar-refractivity contribution in [2.75, 3.05) is 6.61 Å². The van der Waals surface area contributed by atoms with Crippen LogP contribution in [0, 0.1) is 41.8 Å². The van der Waals surface area contributed by atoms with Crippen molar-refractivity contribution in [3.8, 4) is 11.5 Å². The lowest BCUT2D eigenvalue weighted by Crippen LogP contribution is -2.15. The van der Waals surface area contributed by atoms with Crippen molar-refractivity contribution in [1.82, 2.24) is 0 Å². The molecule has 0 unspecified atom stereocenters. The van der Waals surface area contributed by atoms with E-state index in [-0.39, 0.29) is 40.9 Å². The normalized spacial score (nSPS) is 17.8.